The number of likely N-dealkylation sites (N-methyl/N-ethyl adjacent to an activating group) is 1. The molecule has 2 aliphatic heterocycles. The number of benzene rings is 2. The van der Waals surface area contributed by atoms with Gasteiger partial charge in [-0.1, -0.05) is 18.5 Å². The predicted molar refractivity (Wildman–Crippen MR) is 135 cm³/mol. The highest BCUT2D eigenvalue weighted by atomic mass is 35.5. The highest BCUT2D eigenvalue weighted by Gasteiger charge is 2.26. The highest BCUT2D eigenvalue weighted by Crippen LogP contribution is 2.35. The van der Waals surface area contributed by atoms with Gasteiger partial charge >= 0.3 is 0 Å². The molecule has 1 fully saturated rings. The number of nitrogens with one attached hydrogen (secondary N) is 2. The van der Waals surface area contributed by atoms with Crippen molar-refractivity contribution in [3.05, 3.63) is 76.3 Å². The van der Waals surface area contributed by atoms with Crippen LogP contribution in [0.2, 0.25) is 5.02 Å². The van der Waals surface area contributed by atoms with Gasteiger partial charge in [0.05, 0.1) is 10.6 Å². The zero-order valence-electron chi connectivity index (χ0n) is 19.2. The van der Waals surface area contributed by atoms with Crippen LogP contribution < -0.4 is 10.6 Å². The molecule has 2 N–H and O–H groups in total. The van der Waals surface area contributed by atoms with Crippen molar-refractivity contribution in [3.8, 4) is 11.3 Å². The molecule has 6 nitrogen and oxygen atoms in total. The number of rotatable bonds is 6. The van der Waals surface area contributed by atoms with Crippen molar-refractivity contribution in [3.63, 3.8) is 0 Å². The Morgan fingerprint density at radius 1 is 1.23 bits per heavy atom. The van der Waals surface area contributed by atoms with Crippen LogP contribution in [0.4, 0.5) is 10.1 Å². The molecule has 5 rings (SSSR count). The number of likely N-dealkylation sites (tertiary alicyclic amines) is 1. The first-order chi connectivity index (χ1) is 16.9. The molecular weight excluding hydrogens is 469 g/mol. The Morgan fingerprint density at radius 2 is 2.09 bits per heavy atom. The van der Waals surface area contributed by atoms with Gasteiger partial charge in [-0.3, -0.25) is 14.5 Å². The van der Waals surface area contributed by atoms with E-state index in [4.69, 9.17) is 16.0 Å². The van der Waals surface area contributed by atoms with Crippen LogP contribution in [0, 0.1) is 5.82 Å². The summed E-state index contributed by atoms with van der Waals surface area (Å²) in [4.78, 5) is 27.6. The number of carbonyl (C=O) groups excluding carboxylic acids is 2. The van der Waals surface area contributed by atoms with Crippen LogP contribution in [0.3, 0.4) is 0 Å². The first-order valence-electron chi connectivity index (χ1n) is 11.7. The van der Waals surface area contributed by atoms with E-state index >= 15 is 0 Å². The van der Waals surface area contributed by atoms with Crippen molar-refractivity contribution < 1.29 is 18.4 Å². The SMILES string of the molecule is CCN1CCCC1CNC(=O)c1ccc(Cl)c(-c2ccc(C=C3C(=O)Nc4ccc(F)cc43)o2)c1. The van der Waals surface area contributed by atoms with E-state index in [1.54, 1.807) is 36.4 Å². The first-order valence-corrected chi connectivity index (χ1v) is 12.1. The number of hydrogen-bond donors (Lipinski definition) is 2. The van der Waals surface area contributed by atoms with Crippen LogP contribution >= 0.6 is 11.6 Å². The summed E-state index contributed by atoms with van der Waals surface area (Å²) in [5, 5.41) is 6.19. The van der Waals surface area contributed by atoms with Crippen LogP contribution in [-0.4, -0.2) is 42.4 Å². The third kappa shape index (κ3) is 4.74. The van der Waals surface area contributed by atoms with Crippen molar-refractivity contribution in [2.75, 3.05) is 25.0 Å². The minimum atomic E-state index is -0.427. The van der Waals surface area contributed by atoms with Gasteiger partial charge in [0.1, 0.15) is 17.3 Å². The van der Waals surface area contributed by atoms with Gasteiger partial charge in [-0.25, -0.2) is 4.39 Å². The summed E-state index contributed by atoms with van der Waals surface area (Å²) in [6.07, 6.45) is 3.80. The average Bonchev–Trinajstić information content (AvgIpc) is 3.57. The van der Waals surface area contributed by atoms with Gasteiger partial charge in [0.2, 0.25) is 0 Å². The molecule has 0 spiro atoms. The number of nitrogens with zero attached hydrogens (tertiary/aromatic N) is 1. The topological polar surface area (TPSA) is 74.6 Å². The van der Waals surface area contributed by atoms with Gasteiger partial charge in [0, 0.05) is 35.0 Å². The third-order valence-corrected chi connectivity index (χ3v) is 6.91. The molecule has 1 unspecified atom stereocenters. The summed E-state index contributed by atoms with van der Waals surface area (Å²) < 4.78 is 19.7. The quantitative estimate of drug-likeness (QED) is 0.448. The minimum Gasteiger partial charge on any atom is -0.457 e. The zero-order chi connectivity index (χ0) is 24.5. The molecule has 0 aliphatic carbocycles. The van der Waals surface area contributed by atoms with E-state index in [9.17, 15) is 14.0 Å². The molecule has 8 heteroatoms. The lowest BCUT2D eigenvalue weighted by Crippen LogP contribution is -2.40. The minimum absolute atomic E-state index is 0.166. The number of fused-ring (bicyclic) bond motifs is 1. The smallest absolute Gasteiger partial charge is 0.256 e. The predicted octanol–water partition coefficient (Wildman–Crippen LogP) is 5.45. The van der Waals surface area contributed by atoms with Crippen LogP contribution in [-0.2, 0) is 4.79 Å². The van der Waals surface area contributed by atoms with Crippen molar-refractivity contribution in [1.82, 2.24) is 10.2 Å². The normalized spacial score (nSPS) is 18.7. The van der Waals surface area contributed by atoms with Gasteiger partial charge in [-0.15, -0.1) is 0 Å². The average molecular weight is 494 g/mol. The molecule has 0 saturated carbocycles. The highest BCUT2D eigenvalue weighted by molar-refractivity contribution is 6.35. The number of halogens is 2. The fourth-order valence-electron chi connectivity index (χ4n) is 4.73. The maximum Gasteiger partial charge on any atom is 0.256 e. The standard InChI is InChI=1S/C27H25ClFN3O3/c1-2-32-11-3-4-18(32)15-30-26(33)16-5-8-23(28)22(12-16)25-10-7-19(35-25)14-21-20-13-17(29)6-9-24(20)31-27(21)34/h5-10,12-14,18H,2-4,11,15H2,1H3,(H,30,33)(H,31,34). The maximum absolute atomic E-state index is 13.7. The Balaban J connectivity index is 1.35. The van der Waals surface area contributed by atoms with Crippen LogP contribution in [0.25, 0.3) is 23.0 Å². The molecule has 2 aromatic carbocycles. The van der Waals surface area contributed by atoms with Crippen LogP contribution in [0.15, 0.2) is 52.9 Å². The summed E-state index contributed by atoms with van der Waals surface area (Å²) in [5.74, 6) is -0.0509. The maximum atomic E-state index is 13.7. The van der Waals surface area contributed by atoms with E-state index in [-0.39, 0.29) is 11.8 Å². The molecule has 3 heterocycles. The van der Waals surface area contributed by atoms with Gasteiger partial charge < -0.3 is 15.1 Å². The van der Waals surface area contributed by atoms with Gasteiger partial charge in [-0.05, 0) is 80.5 Å². The zero-order valence-corrected chi connectivity index (χ0v) is 20.0. The molecule has 2 amide bonds. The molecule has 180 valence electrons. The fraction of sp³-hybridized carbons (Fsp3) is 0.259. The molecule has 0 bridgehead atoms. The summed E-state index contributed by atoms with van der Waals surface area (Å²) in [5.41, 5.74) is 2.40. The van der Waals surface area contributed by atoms with E-state index in [0.29, 0.717) is 57.1 Å². The lowest BCUT2D eigenvalue weighted by molar-refractivity contribution is -0.110. The van der Waals surface area contributed by atoms with E-state index in [2.05, 4.69) is 22.5 Å². The number of hydrogen-bond acceptors (Lipinski definition) is 4. The van der Waals surface area contributed by atoms with Gasteiger partial charge in [0.15, 0.2) is 0 Å². The second-order valence-corrected chi connectivity index (χ2v) is 9.14. The third-order valence-electron chi connectivity index (χ3n) is 6.58. The molecular formula is C27H25ClFN3O3. The lowest BCUT2D eigenvalue weighted by Gasteiger charge is -2.22. The van der Waals surface area contributed by atoms with E-state index in [1.807, 2.05) is 0 Å². The molecule has 3 aromatic rings. The number of anilines is 1. The second kappa shape index (κ2) is 9.68. The number of carbonyl (C=O) groups is 2. The van der Waals surface area contributed by atoms with Crippen molar-refractivity contribution in [2.24, 2.45) is 0 Å². The van der Waals surface area contributed by atoms with Crippen molar-refractivity contribution in [2.45, 2.75) is 25.8 Å². The lowest BCUT2D eigenvalue weighted by atomic mass is 10.1. The van der Waals surface area contributed by atoms with Crippen LogP contribution in [0.5, 0.6) is 0 Å². The summed E-state index contributed by atoms with van der Waals surface area (Å²) in [6, 6.07) is 13.0. The second-order valence-electron chi connectivity index (χ2n) is 8.73. The van der Waals surface area contributed by atoms with Crippen molar-refractivity contribution >= 4 is 40.8 Å². The summed E-state index contributed by atoms with van der Waals surface area (Å²) in [6.45, 7) is 4.79. The van der Waals surface area contributed by atoms with Gasteiger partial charge in [0.25, 0.3) is 11.8 Å². The Morgan fingerprint density at radius 3 is 2.91 bits per heavy atom. The largest absolute Gasteiger partial charge is 0.457 e. The number of furan rings is 1. The molecule has 1 saturated heterocycles. The summed E-state index contributed by atoms with van der Waals surface area (Å²) in [7, 11) is 0. The Labute approximate surface area is 207 Å². The Kier molecular flexibility index (Phi) is 6.45. The molecule has 1 aromatic heterocycles. The van der Waals surface area contributed by atoms with E-state index < -0.39 is 5.82 Å². The molecule has 35 heavy (non-hydrogen) atoms. The Hall–Kier alpha value is -3.42. The molecule has 0 radical (unpaired) electrons. The monoisotopic (exact) mass is 493 g/mol. The first kappa shape index (κ1) is 23.3. The molecule has 1 atom stereocenters. The molecule has 2 aliphatic rings. The Bertz CT molecular complexity index is 1330. The fourth-order valence-corrected chi connectivity index (χ4v) is 4.94. The van der Waals surface area contributed by atoms with Gasteiger partial charge in [-0.2, -0.15) is 0 Å². The van der Waals surface area contributed by atoms with E-state index in [0.717, 1.165) is 25.9 Å². The van der Waals surface area contributed by atoms with E-state index in [1.165, 1.54) is 18.2 Å². The number of amides is 2. The van der Waals surface area contributed by atoms with Crippen LogP contribution in [0.1, 0.15) is 41.4 Å². The summed E-state index contributed by atoms with van der Waals surface area (Å²) >= 11 is 6.42. The van der Waals surface area contributed by atoms with Crippen molar-refractivity contribution in [1.29, 1.82) is 0 Å².